The maximum absolute atomic E-state index is 12.2. The molecule has 3 aromatic rings. The van der Waals surface area contributed by atoms with Crippen LogP contribution in [0.3, 0.4) is 0 Å². The first-order chi connectivity index (χ1) is 10.8. The van der Waals surface area contributed by atoms with Gasteiger partial charge in [0.25, 0.3) is 5.56 Å². The molecule has 0 spiro atoms. The molecule has 2 heterocycles. The molecule has 0 saturated heterocycles. The van der Waals surface area contributed by atoms with Gasteiger partial charge in [-0.25, -0.2) is 4.98 Å². The molecule has 0 amide bonds. The summed E-state index contributed by atoms with van der Waals surface area (Å²) in [5.41, 5.74) is 1.53. The Hall–Kier alpha value is -2.89. The summed E-state index contributed by atoms with van der Waals surface area (Å²) in [4.78, 5) is 19.4. The van der Waals surface area contributed by atoms with E-state index >= 15 is 0 Å². The number of rotatable bonds is 2. The molecule has 1 aliphatic rings. The zero-order chi connectivity index (χ0) is 15.1. The van der Waals surface area contributed by atoms with Gasteiger partial charge < -0.3 is 4.74 Å². The maximum atomic E-state index is 12.2. The topological polar surface area (TPSA) is 72.3 Å². The zero-order valence-corrected chi connectivity index (χ0v) is 12.0. The average Bonchev–Trinajstić information content (AvgIpc) is 3.10. The summed E-state index contributed by atoms with van der Waals surface area (Å²) < 4.78 is 6.90. The number of nitrogens with zero attached hydrogens (tertiary/aromatic N) is 3. The monoisotopic (exact) mass is 294 g/mol. The van der Waals surface area contributed by atoms with E-state index in [0.29, 0.717) is 16.9 Å². The predicted molar refractivity (Wildman–Crippen MR) is 82.2 cm³/mol. The molecule has 0 atom stereocenters. The summed E-state index contributed by atoms with van der Waals surface area (Å²) in [5, 5.41) is 5.86. The van der Waals surface area contributed by atoms with Crippen LogP contribution in [0.15, 0.2) is 29.1 Å². The fraction of sp³-hybridized carbons (Fsp3) is 0.188. The van der Waals surface area contributed by atoms with Crippen LogP contribution in [0.5, 0.6) is 5.75 Å². The molecule has 22 heavy (non-hydrogen) atoms. The average molecular weight is 294 g/mol. The molecular weight excluding hydrogens is 280 g/mol. The number of nitrogens with one attached hydrogen (secondary N) is 1. The lowest BCUT2D eigenvalue weighted by Crippen LogP contribution is -2.28. The Morgan fingerprint density at radius 1 is 1.36 bits per heavy atom. The van der Waals surface area contributed by atoms with Gasteiger partial charge in [0.1, 0.15) is 11.1 Å². The van der Waals surface area contributed by atoms with E-state index in [1.54, 1.807) is 17.7 Å². The van der Waals surface area contributed by atoms with Crippen LogP contribution in [0.2, 0.25) is 0 Å². The Kier molecular flexibility index (Phi) is 2.82. The standard InChI is InChI=1S/C16H14N4O2/c1-22-14-8-3-2-5-10(14)9-13-15(21)18-16-17-11-6-4-7-12(11)19-20(13)16/h2-3,5-6,8-9H,4,7H2,1H3,(H,17,18,21)/b13-9-. The molecule has 110 valence electrons. The number of methoxy groups -OCH3 is 1. The van der Waals surface area contributed by atoms with Crippen molar-refractivity contribution in [2.75, 3.05) is 7.11 Å². The van der Waals surface area contributed by atoms with Gasteiger partial charge in [-0.05, 0) is 25.0 Å². The highest BCUT2D eigenvalue weighted by Gasteiger charge is 2.11. The molecule has 0 aliphatic heterocycles. The first kappa shape index (κ1) is 12.8. The highest BCUT2D eigenvalue weighted by Crippen LogP contribution is 2.17. The third kappa shape index (κ3) is 1.92. The smallest absolute Gasteiger partial charge is 0.276 e. The lowest BCUT2D eigenvalue weighted by molar-refractivity contribution is 0.414. The maximum Gasteiger partial charge on any atom is 0.276 e. The molecule has 1 aromatic carbocycles. The van der Waals surface area contributed by atoms with Crippen LogP contribution in [-0.2, 0) is 6.42 Å². The first-order valence-corrected chi connectivity index (χ1v) is 7.09. The van der Waals surface area contributed by atoms with E-state index in [0.717, 1.165) is 29.4 Å². The predicted octanol–water partition coefficient (Wildman–Crippen LogP) is -0.0183. The van der Waals surface area contributed by atoms with E-state index in [-0.39, 0.29) is 5.56 Å². The molecular formula is C16H14N4O2. The number of para-hydroxylation sites is 1. The van der Waals surface area contributed by atoms with E-state index < -0.39 is 0 Å². The molecule has 0 fully saturated rings. The Morgan fingerprint density at radius 2 is 2.23 bits per heavy atom. The van der Waals surface area contributed by atoms with E-state index in [4.69, 9.17) is 4.74 Å². The molecule has 6 nitrogen and oxygen atoms in total. The van der Waals surface area contributed by atoms with Crippen molar-refractivity contribution in [1.29, 1.82) is 0 Å². The largest absolute Gasteiger partial charge is 0.496 e. The van der Waals surface area contributed by atoms with Gasteiger partial charge in [-0.1, -0.05) is 24.3 Å². The van der Waals surface area contributed by atoms with Crippen LogP contribution in [0, 0.1) is 0 Å². The van der Waals surface area contributed by atoms with Crippen molar-refractivity contribution in [3.8, 4) is 5.75 Å². The Balaban J connectivity index is 2.03. The minimum absolute atomic E-state index is 0.213. The number of H-pyrrole nitrogens is 1. The number of benzene rings is 1. The van der Waals surface area contributed by atoms with Gasteiger partial charge in [0.15, 0.2) is 0 Å². The van der Waals surface area contributed by atoms with Crippen LogP contribution in [0.25, 0.3) is 17.9 Å². The minimum Gasteiger partial charge on any atom is -0.496 e. The van der Waals surface area contributed by atoms with Crippen LogP contribution in [-0.4, -0.2) is 26.7 Å². The summed E-state index contributed by atoms with van der Waals surface area (Å²) in [6.07, 6.45) is 5.61. The van der Waals surface area contributed by atoms with Crippen molar-refractivity contribution in [2.45, 2.75) is 12.8 Å². The second kappa shape index (κ2) is 4.84. The van der Waals surface area contributed by atoms with Crippen LogP contribution in [0.1, 0.15) is 17.7 Å². The lowest BCUT2D eigenvalue weighted by atomic mass is 10.2. The van der Waals surface area contributed by atoms with Gasteiger partial charge in [-0.15, -0.1) is 0 Å². The summed E-state index contributed by atoms with van der Waals surface area (Å²) in [6.45, 7) is 0. The Labute approximate surface area is 125 Å². The van der Waals surface area contributed by atoms with Crippen molar-refractivity contribution in [3.63, 3.8) is 0 Å². The van der Waals surface area contributed by atoms with E-state index in [1.807, 2.05) is 30.3 Å². The number of aromatic amines is 1. The highest BCUT2D eigenvalue weighted by atomic mass is 16.5. The van der Waals surface area contributed by atoms with Gasteiger partial charge >= 0.3 is 0 Å². The van der Waals surface area contributed by atoms with Gasteiger partial charge in [-0.3, -0.25) is 9.78 Å². The van der Waals surface area contributed by atoms with Gasteiger partial charge in [-0.2, -0.15) is 9.61 Å². The molecule has 0 radical (unpaired) electrons. The summed E-state index contributed by atoms with van der Waals surface area (Å²) in [7, 11) is 1.61. The molecule has 1 aliphatic carbocycles. The quantitative estimate of drug-likeness (QED) is 0.721. The normalized spacial score (nSPS) is 14.1. The van der Waals surface area contributed by atoms with Gasteiger partial charge in [0.2, 0.25) is 5.78 Å². The van der Waals surface area contributed by atoms with Crippen molar-refractivity contribution in [1.82, 2.24) is 19.6 Å². The first-order valence-electron chi connectivity index (χ1n) is 7.09. The number of hydrogen-bond acceptors (Lipinski definition) is 4. The second-order valence-corrected chi connectivity index (χ2v) is 5.15. The molecule has 0 bridgehead atoms. The molecule has 0 unspecified atom stereocenters. The molecule has 6 heteroatoms. The highest BCUT2D eigenvalue weighted by molar-refractivity contribution is 5.57. The Morgan fingerprint density at radius 3 is 3.09 bits per heavy atom. The van der Waals surface area contributed by atoms with Crippen molar-refractivity contribution in [2.24, 2.45) is 0 Å². The minimum atomic E-state index is -0.213. The van der Waals surface area contributed by atoms with Crippen molar-refractivity contribution >= 4 is 17.9 Å². The number of aryl methyl sites for hydroxylation is 1. The second-order valence-electron chi connectivity index (χ2n) is 5.15. The third-order valence-corrected chi connectivity index (χ3v) is 3.78. The van der Waals surface area contributed by atoms with E-state index in [1.165, 1.54) is 0 Å². The van der Waals surface area contributed by atoms with Crippen LogP contribution < -0.4 is 21.0 Å². The third-order valence-electron chi connectivity index (χ3n) is 3.78. The van der Waals surface area contributed by atoms with E-state index in [9.17, 15) is 4.79 Å². The van der Waals surface area contributed by atoms with Crippen LogP contribution >= 0.6 is 0 Å². The molecule has 0 saturated carbocycles. The number of imidazole rings is 1. The number of ether oxygens (including phenoxy) is 1. The van der Waals surface area contributed by atoms with Crippen molar-refractivity contribution < 1.29 is 4.74 Å². The Bertz CT molecular complexity index is 1050. The van der Waals surface area contributed by atoms with Crippen LogP contribution in [0.4, 0.5) is 0 Å². The SMILES string of the molecule is COc1ccccc1/C=c1/c(=O)[nH]c2nc3c(nn12)CCC=3. The summed E-state index contributed by atoms with van der Waals surface area (Å²) in [6, 6.07) is 7.54. The molecule has 2 aromatic heterocycles. The number of hydrogen-bond donors (Lipinski definition) is 1. The lowest BCUT2D eigenvalue weighted by Gasteiger charge is -2.02. The van der Waals surface area contributed by atoms with Crippen molar-refractivity contribution in [3.05, 3.63) is 56.6 Å². The number of aromatic nitrogens is 4. The molecule has 1 N–H and O–H groups in total. The fourth-order valence-corrected chi connectivity index (χ4v) is 2.70. The summed E-state index contributed by atoms with van der Waals surface area (Å²) >= 11 is 0. The molecule has 4 rings (SSSR count). The van der Waals surface area contributed by atoms with Gasteiger partial charge in [0, 0.05) is 5.56 Å². The van der Waals surface area contributed by atoms with Gasteiger partial charge in [0.05, 0.1) is 18.2 Å². The fourth-order valence-electron chi connectivity index (χ4n) is 2.70. The zero-order valence-electron chi connectivity index (χ0n) is 12.0. The number of fused-ring (bicyclic) bond motifs is 2. The van der Waals surface area contributed by atoms with E-state index in [2.05, 4.69) is 15.1 Å². The summed E-state index contributed by atoms with van der Waals surface area (Å²) in [5.74, 6) is 1.17.